The normalized spacial score (nSPS) is 11.1. The summed E-state index contributed by atoms with van der Waals surface area (Å²) in [6.45, 7) is 4.76. The van der Waals surface area contributed by atoms with Gasteiger partial charge in [-0.05, 0) is 25.0 Å². The first-order valence-corrected chi connectivity index (χ1v) is 7.51. The minimum absolute atomic E-state index is 0.0118. The topological polar surface area (TPSA) is 23.6 Å². The second-order valence-corrected chi connectivity index (χ2v) is 6.17. The summed E-state index contributed by atoms with van der Waals surface area (Å²) in [7, 11) is 3.59. The second kappa shape index (κ2) is 6.65. The standard InChI is InChI=1S/C19H24N2O/c1-19(2,17-13-9-6-10-14-17)21(18(22)20(3)4)15-16-11-7-5-8-12-16/h5-14H,15H2,1-4H3. The largest absolute Gasteiger partial charge is 0.331 e. The van der Waals surface area contributed by atoms with Gasteiger partial charge < -0.3 is 9.80 Å². The molecule has 2 aromatic rings. The van der Waals surface area contributed by atoms with Gasteiger partial charge >= 0.3 is 6.03 Å². The van der Waals surface area contributed by atoms with E-state index < -0.39 is 5.54 Å². The Bertz CT molecular complexity index is 606. The van der Waals surface area contributed by atoms with Crippen molar-refractivity contribution in [3.63, 3.8) is 0 Å². The molecule has 116 valence electrons. The van der Waals surface area contributed by atoms with E-state index in [1.165, 1.54) is 0 Å². The maximum absolute atomic E-state index is 12.7. The van der Waals surface area contributed by atoms with Crippen molar-refractivity contribution in [3.8, 4) is 0 Å². The summed E-state index contributed by atoms with van der Waals surface area (Å²) in [6.07, 6.45) is 0. The van der Waals surface area contributed by atoms with Gasteiger partial charge in [0, 0.05) is 20.6 Å². The Morgan fingerprint density at radius 1 is 0.909 bits per heavy atom. The van der Waals surface area contributed by atoms with Gasteiger partial charge in [-0.3, -0.25) is 0 Å². The van der Waals surface area contributed by atoms with Crippen LogP contribution < -0.4 is 0 Å². The molecule has 2 rings (SSSR count). The van der Waals surface area contributed by atoms with Crippen molar-refractivity contribution in [2.45, 2.75) is 25.9 Å². The van der Waals surface area contributed by atoms with E-state index >= 15 is 0 Å². The van der Waals surface area contributed by atoms with Crippen molar-refractivity contribution in [2.24, 2.45) is 0 Å². The fourth-order valence-corrected chi connectivity index (χ4v) is 2.51. The van der Waals surface area contributed by atoms with E-state index in [4.69, 9.17) is 0 Å². The Hall–Kier alpha value is -2.29. The Kier molecular flexibility index (Phi) is 4.86. The van der Waals surface area contributed by atoms with Crippen molar-refractivity contribution in [3.05, 3.63) is 71.8 Å². The molecule has 0 bridgehead atoms. The first-order chi connectivity index (χ1) is 10.4. The first-order valence-electron chi connectivity index (χ1n) is 7.51. The highest BCUT2D eigenvalue weighted by atomic mass is 16.2. The molecule has 0 N–H and O–H groups in total. The van der Waals surface area contributed by atoms with Gasteiger partial charge in [0.25, 0.3) is 0 Å². The first kappa shape index (κ1) is 16.1. The van der Waals surface area contributed by atoms with Crippen LogP contribution in [0.25, 0.3) is 0 Å². The van der Waals surface area contributed by atoms with Crippen LogP contribution in [0.15, 0.2) is 60.7 Å². The number of hydrogen-bond donors (Lipinski definition) is 0. The highest BCUT2D eigenvalue weighted by Crippen LogP contribution is 2.30. The van der Waals surface area contributed by atoms with Crippen LogP contribution in [-0.2, 0) is 12.1 Å². The fraction of sp³-hybridized carbons (Fsp3) is 0.316. The number of rotatable bonds is 4. The lowest BCUT2D eigenvalue weighted by Crippen LogP contribution is -2.49. The molecule has 0 atom stereocenters. The maximum atomic E-state index is 12.7. The third-order valence-corrected chi connectivity index (χ3v) is 3.95. The molecule has 0 aromatic heterocycles. The SMILES string of the molecule is CN(C)C(=O)N(Cc1ccccc1)C(C)(C)c1ccccc1. The number of urea groups is 1. The molecule has 0 aliphatic carbocycles. The lowest BCUT2D eigenvalue weighted by molar-refractivity contribution is 0.107. The third kappa shape index (κ3) is 3.48. The Labute approximate surface area is 133 Å². The molecular weight excluding hydrogens is 272 g/mol. The fourth-order valence-electron chi connectivity index (χ4n) is 2.51. The molecule has 0 saturated carbocycles. The molecule has 0 fully saturated rings. The molecule has 0 heterocycles. The molecule has 0 unspecified atom stereocenters. The van der Waals surface area contributed by atoms with Gasteiger partial charge in [0.15, 0.2) is 0 Å². The van der Waals surface area contributed by atoms with Crippen LogP contribution in [0.5, 0.6) is 0 Å². The molecule has 0 aliphatic rings. The predicted molar refractivity (Wildman–Crippen MR) is 90.5 cm³/mol. The van der Waals surface area contributed by atoms with E-state index in [9.17, 15) is 4.79 Å². The molecule has 22 heavy (non-hydrogen) atoms. The zero-order valence-electron chi connectivity index (χ0n) is 13.8. The third-order valence-electron chi connectivity index (χ3n) is 3.95. The zero-order chi connectivity index (χ0) is 16.2. The van der Waals surface area contributed by atoms with Crippen molar-refractivity contribution in [2.75, 3.05) is 14.1 Å². The lowest BCUT2D eigenvalue weighted by Gasteiger charge is -2.40. The molecule has 0 saturated heterocycles. The average Bonchev–Trinajstić information content (AvgIpc) is 2.53. The summed E-state index contributed by atoms with van der Waals surface area (Å²) in [4.78, 5) is 16.3. The van der Waals surface area contributed by atoms with Crippen LogP contribution in [0.2, 0.25) is 0 Å². The van der Waals surface area contributed by atoms with E-state index in [2.05, 4.69) is 38.1 Å². The highest BCUT2D eigenvalue weighted by molar-refractivity contribution is 5.75. The molecule has 0 spiro atoms. The molecule has 2 aromatic carbocycles. The van der Waals surface area contributed by atoms with E-state index in [1.807, 2.05) is 41.3 Å². The zero-order valence-corrected chi connectivity index (χ0v) is 13.8. The Morgan fingerprint density at radius 2 is 1.41 bits per heavy atom. The summed E-state index contributed by atoms with van der Waals surface area (Å²) in [5, 5.41) is 0. The molecular formula is C19H24N2O. The van der Waals surface area contributed by atoms with Crippen molar-refractivity contribution >= 4 is 6.03 Å². The van der Waals surface area contributed by atoms with Crippen molar-refractivity contribution in [1.82, 2.24) is 9.80 Å². The van der Waals surface area contributed by atoms with Gasteiger partial charge in [0.2, 0.25) is 0 Å². The lowest BCUT2D eigenvalue weighted by atomic mass is 9.92. The summed E-state index contributed by atoms with van der Waals surface area (Å²) in [5.41, 5.74) is 1.86. The minimum Gasteiger partial charge on any atom is -0.331 e. The average molecular weight is 296 g/mol. The number of nitrogens with zero attached hydrogens (tertiary/aromatic N) is 2. The highest BCUT2D eigenvalue weighted by Gasteiger charge is 2.33. The van der Waals surface area contributed by atoms with E-state index in [-0.39, 0.29) is 6.03 Å². The minimum atomic E-state index is -0.390. The second-order valence-electron chi connectivity index (χ2n) is 6.17. The summed E-state index contributed by atoms with van der Waals surface area (Å²) >= 11 is 0. The van der Waals surface area contributed by atoms with Crippen LogP contribution >= 0.6 is 0 Å². The van der Waals surface area contributed by atoms with Gasteiger partial charge in [0.1, 0.15) is 0 Å². The van der Waals surface area contributed by atoms with Crippen LogP contribution in [0, 0.1) is 0 Å². The van der Waals surface area contributed by atoms with E-state index in [0.29, 0.717) is 6.54 Å². The monoisotopic (exact) mass is 296 g/mol. The van der Waals surface area contributed by atoms with Gasteiger partial charge in [-0.25, -0.2) is 4.79 Å². The molecule has 0 aliphatic heterocycles. The van der Waals surface area contributed by atoms with E-state index in [0.717, 1.165) is 11.1 Å². The maximum Gasteiger partial charge on any atom is 0.320 e. The molecule has 0 radical (unpaired) electrons. The molecule has 3 nitrogen and oxygen atoms in total. The number of hydrogen-bond acceptors (Lipinski definition) is 1. The van der Waals surface area contributed by atoms with Gasteiger partial charge in [0.05, 0.1) is 5.54 Å². The predicted octanol–water partition coefficient (Wildman–Crippen LogP) is 4.11. The van der Waals surface area contributed by atoms with Crippen LogP contribution in [0.1, 0.15) is 25.0 Å². The van der Waals surface area contributed by atoms with E-state index in [1.54, 1.807) is 19.0 Å². The number of carbonyl (C=O) groups is 1. The number of benzene rings is 2. The summed E-state index contributed by atoms with van der Waals surface area (Å²) in [6, 6.07) is 20.3. The summed E-state index contributed by atoms with van der Waals surface area (Å²) in [5.74, 6) is 0. The van der Waals surface area contributed by atoms with Crippen LogP contribution in [0.4, 0.5) is 4.79 Å². The van der Waals surface area contributed by atoms with Crippen LogP contribution in [0.3, 0.4) is 0 Å². The van der Waals surface area contributed by atoms with Gasteiger partial charge in [-0.1, -0.05) is 60.7 Å². The van der Waals surface area contributed by atoms with Crippen molar-refractivity contribution < 1.29 is 4.79 Å². The molecule has 2 amide bonds. The summed E-state index contributed by atoms with van der Waals surface area (Å²) < 4.78 is 0. The van der Waals surface area contributed by atoms with Gasteiger partial charge in [-0.15, -0.1) is 0 Å². The smallest absolute Gasteiger partial charge is 0.320 e. The quantitative estimate of drug-likeness (QED) is 0.833. The Morgan fingerprint density at radius 3 is 1.91 bits per heavy atom. The van der Waals surface area contributed by atoms with Crippen LogP contribution in [-0.4, -0.2) is 29.9 Å². The van der Waals surface area contributed by atoms with Gasteiger partial charge in [-0.2, -0.15) is 0 Å². The number of amides is 2. The molecule has 3 heteroatoms. The Balaban J connectivity index is 2.38. The number of carbonyl (C=O) groups excluding carboxylic acids is 1. The van der Waals surface area contributed by atoms with Crippen molar-refractivity contribution in [1.29, 1.82) is 0 Å².